The second kappa shape index (κ2) is 10.9. The summed E-state index contributed by atoms with van der Waals surface area (Å²) in [5.41, 5.74) is -3.68. The zero-order valence-corrected chi connectivity index (χ0v) is 20.6. The summed E-state index contributed by atoms with van der Waals surface area (Å²) in [7, 11) is 0. The van der Waals surface area contributed by atoms with Crippen LogP contribution in [0.25, 0.3) is 22.2 Å². The first-order valence-corrected chi connectivity index (χ1v) is 11.7. The lowest BCUT2D eigenvalue weighted by Crippen LogP contribution is -2.30. The van der Waals surface area contributed by atoms with Gasteiger partial charge in [-0.3, -0.25) is 9.59 Å². The molecule has 3 heterocycles. The SMILES string of the molecule is CC(O)c1cnc(-c2cc3ccn(C[C@H](F)C[C@H](C)Nc4cn[nH]c(=O)c4C(F)(F)F)c(=O)c3cc2F)nc1. The molecule has 39 heavy (non-hydrogen) atoms. The first kappa shape index (κ1) is 27.8. The summed E-state index contributed by atoms with van der Waals surface area (Å²) < 4.78 is 70.5. The third kappa shape index (κ3) is 6.11. The molecule has 0 bridgehead atoms. The predicted molar refractivity (Wildman–Crippen MR) is 132 cm³/mol. The molecule has 1 unspecified atom stereocenters. The highest BCUT2D eigenvalue weighted by Crippen LogP contribution is 2.32. The zero-order valence-electron chi connectivity index (χ0n) is 20.6. The predicted octanol–water partition coefficient (Wildman–Crippen LogP) is 3.98. The van der Waals surface area contributed by atoms with Crippen LogP contribution in [0.2, 0.25) is 0 Å². The van der Waals surface area contributed by atoms with Crippen molar-refractivity contribution >= 4 is 16.5 Å². The molecule has 206 valence electrons. The monoisotopic (exact) mass is 550 g/mol. The van der Waals surface area contributed by atoms with E-state index in [-0.39, 0.29) is 23.2 Å². The molecule has 0 saturated carbocycles. The average molecular weight is 550 g/mol. The number of hydrogen-bond acceptors (Lipinski definition) is 7. The quantitative estimate of drug-likeness (QED) is 0.284. The van der Waals surface area contributed by atoms with Gasteiger partial charge in [0.2, 0.25) is 0 Å². The van der Waals surface area contributed by atoms with Gasteiger partial charge in [-0.05, 0) is 37.4 Å². The first-order valence-electron chi connectivity index (χ1n) is 11.7. The van der Waals surface area contributed by atoms with Gasteiger partial charge in [0.1, 0.15) is 17.6 Å². The first-order chi connectivity index (χ1) is 18.3. The number of fused-ring (bicyclic) bond motifs is 1. The fourth-order valence-electron chi connectivity index (χ4n) is 4.10. The lowest BCUT2D eigenvalue weighted by Gasteiger charge is -2.20. The van der Waals surface area contributed by atoms with Crippen LogP contribution in [0.1, 0.15) is 37.5 Å². The number of rotatable bonds is 8. The van der Waals surface area contributed by atoms with Crippen LogP contribution in [-0.2, 0) is 12.7 Å². The summed E-state index contributed by atoms with van der Waals surface area (Å²) in [6, 6.07) is 3.03. The van der Waals surface area contributed by atoms with Gasteiger partial charge in [0.15, 0.2) is 5.82 Å². The molecule has 4 aromatic rings. The molecule has 0 aliphatic rings. The van der Waals surface area contributed by atoms with Crippen LogP contribution in [0.5, 0.6) is 0 Å². The molecular weight excluding hydrogens is 527 g/mol. The summed E-state index contributed by atoms with van der Waals surface area (Å²) in [6.45, 7) is 2.52. The van der Waals surface area contributed by atoms with E-state index in [1.165, 1.54) is 44.6 Å². The Kier molecular flexibility index (Phi) is 7.77. The fourth-order valence-corrected chi connectivity index (χ4v) is 4.10. The summed E-state index contributed by atoms with van der Waals surface area (Å²) in [4.78, 5) is 32.7. The Morgan fingerprint density at radius 3 is 2.46 bits per heavy atom. The number of aliphatic hydroxyl groups is 1. The number of nitrogens with zero attached hydrogens (tertiary/aromatic N) is 4. The van der Waals surface area contributed by atoms with Crippen molar-refractivity contribution in [3.63, 3.8) is 0 Å². The minimum atomic E-state index is -4.95. The molecule has 4 rings (SSSR count). The molecule has 3 N–H and O–H groups in total. The number of alkyl halides is 4. The number of pyridine rings is 1. The van der Waals surface area contributed by atoms with Gasteiger partial charge in [0.05, 0.1) is 35.5 Å². The molecule has 3 aromatic heterocycles. The van der Waals surface area contributed by atoms with Gasteiger partial charge in [0.25, 0.3) is 11.1 Å². The zero-order chi connectivity index (χ0) is 28.5. The number of halogens is 5. The van der Waals surface area contributed by atoms with Crippen LogP contribution >= 0.6 is 0 Å². The van der Waals surface area contributed by atoms with Crippen molar-refractivity contribution in [1.29, 1.82) is 0 Å². The van der Waals surface area contributed by atoms with Crippen LogP contribution in [-0.4, -0.2) is 42.1 Å². The molecule has 0 aliphatic carbocycles. The molecule has 0 aliphatic heterocycles. The number of aromatic nitrogens is 5. The average Bonchev–Trinajstić information content (AvgIpc) is 2.85. The van der Waals surface area contributed by atoms with Gasteiger partial charge in [-0.25, -0.2) is 23.8 Å². The van der Waals surface area contributed by atoms with Crippen LogP contribution in [0.4, 0.5) is 27.6 Å². The molecule has 9 nitrogen and oxygen atoms in total. The molecule has 0 saturated heterocycles. The van der Waals surface area contributed by atoms with Crippen molar-refractivity contribution in [3.05, 3.63) is 80.6 Å². The molecule has 0 fully saturated rings. The van der Waals surface area contributed by atoms with Crippen LogP contribution in [0, 0.1) is 5.82 Å². The van der Waals surface area contributed by atoms with Crippen LogP contribution in [0.15, 0.2) is 52.6 Å². The maximum absolute atomic E-state index is 14.9. The molecule has 0 spiro atoms. The highest BCUT2D eigenvalue weighted by atomic mass is 19.4. The molecule has 0 radical (unpaired) electrons. The smallest absolute Gasteiger partial charge is 0.389 e. The number of hydrogen-bond donors (Lipinski definition) is 3. The van der Waals surface area contributed by atoms with E-state index >= 15 is 0 Å². The van der Waals surface area contributed by atoms with E-state index in [1.54, 1.807) is 5.10 Å². The van der Waals surface area contributed by atoms with E-state index < -0.39 is 59.2 Å². The van der Waals surface area contributed by atoms with Gasteiger partial charge >= 0.3 is 6.18 Å². The number of benzene rings is 1. The minimum Gasteiger partial charge on any atom is -0.389 e. The Labute approximate surface area is 217 Å². The third-order valence-electron chi connectivity index (χ3n) is 6.01. The fraction of sp³-hybridized carbons (Fsp3) is 0.320. The van der Waals surface area contributed by atoms with Crippen molar-refractivity contribution in [2.45, 2.75) is 51.3 Å². The highest BCUT2D eigenvalue weighted by Gasteiger charge is 2.37. The van der Waals surface area contributed by atoms with E-state index in [0.29, 0.717) is 10.9 Å². The maximum atomic E-state index is 14.9. The third-order valence-corrected chi connectivity index (χ3v) is 6.01. The standard InChI is InChI=1S/C25H23F5N6O3/c1-12(34-20-10-33-35-23(38)21(20)25(28,29)30)5-16(26)11-36-4-3-14-6-18(19(27)7-17(14)24(36)39)22-31-8-15(9-32-22)13(2)37/h3-4,6-10,12-13,16,37H,5,11H2,1-2H3,(H2,34,35,38)/t12-,13?,16+/m0/s1. The van der Waals surface area contributed by atoms with E-state index in [4.69, 9.17) is 0 Å². The van der Waals surface area contributed by atoms with Crippen LogP contribution < -0.4 is 16.4 Å². The Balaban J connectivity index is 1.51. The maximum Gasteiger partial charge on any atom is 0.423 e. The lowest BCUT2D eigenvalue weighted by molar-refractivity contribution is -0.138. The van der Waals surface area contributed by atoms with E-state index in [0.717, 1.165) is 16.8 Å². The van der Waals surface area contributed by atoms with E-state index in [1.807, 2.05) is 0 Å². The van der Waals surface area contributed by atoms with Crippen molar-refractivity contribution in [3.8, 4) is 11.4 Å². The van der Waals surface area contributed by atoms with Crippen LogP contribution in [0.3, 0.4) is 0 Å². The van der Waals surface area contributed by atoms with Crippen molar-refractivity contribution in [2.24, 2.45) is 0 Å². The second-order valence-electron chi connectivity index (χ2n) is 9.07. The molecule has 3 atom stereocenters. The number of aromatic amines is 1. The molecule has 1 aromatic carbocycles. The van der Waals surface area contributed by atoms with E-state index in [9.17, 15) is 36.6 Å². The van der Waals surface area contributed by atoms with Gasteiger partial charge in [-0.2, -0.15) is 18.3 Å². The van der Waals surface area contributed by atoms with Gasteiger partial charge in [-0.15, -0.1) is 0 Å². The molecular formula is C25H23F5N6O3. The van der Waals surface area contributed by atoms with E-state index in [2.05, 4.69) is 20.4 Å². The van der Waals surface area contributed by atoms with Gasteiger partial charge < -0.3 is 15.0 Å². The lowest BCUT2D eigenvalue weighted by atomic mass is 10.1. The number of nitrogens with one attached hydrogen (secondary N) is 2. The summed E-state index contributed by atoms with van der Waals surface area (Å²) >= 11 is 0. The molecule has 14 heteroatoms. The summed E-state index contributed by atoms with van der Waals surface area (Å²) in [6.07, 6.45) is -2.87. The number of aliphatic hydroxyl groups excluding tert-OH is 1. The van der Waals surface area contributed by atoms with Crippen molar-refractivity contribution < 1.29 is 27.1 Å². The number of H-pyrrole nitrogens is 1. The summed E-state index contributed by atoms with van der Waals surface area (Å²) in [5, 5.41) is 17.5. The Bertz CT molecular complexity index is 1600. The van der Waals surface area contributed by atoms with Gasteiger partial charge in [-0.1, -0.05) is 0 Å². The van der Waals surface area contributed by atoms with Gasteiger partial charge in [0, 0.05) is 36.6 Å². The van der Waals surface area contributed by atoms with Crippen molar-refractivity contribution in [1.82, 2.24) is 24.7 Å². The van der Waals surface area contributed by atoms with Crippen molar-refractivity contribution in [2.75, 3.05) is 5.32 Å². The molecule has 0 amide bonds. The topological polar surface area (TPSA) is 126 Å². The Morgan fingerprint density at radius 1 is 1.13 bits per heavy atom. The highest BCUT2D eigenvalue weighted by molar-refractivity contribution is 5.86. The largest absolute Gasteiger partial charge is 0.423 e. The Morgan fingerprint density at radius 2 is 1.82 bits per heavy atom. The second-order valence-corrected chi connectivity index (χ2v) is 9.07. The normalized spacial score (nSPS) is 14.3. The summed E-state index contributed by atoms with van der Waals surface area (Å²) in [5.74, 6) is -0.721. The number of anilines is 1. The minimum absolute atomic E-state index is 0.0119. The Hall–Kier alpha value is -4.20.